The number of benzene rings is 8. The van der Waals surface area contributed by atoms with Gasteiger partial charge < -0.3 is 19.6 Å². The Hall–Kier alpha value is -8.64. The first-order valence-corrected chi connectivity index (χ1v) is 22.6. The maximum absolute atomic E-state index is 4.64. The van der Waals surface area contributed by atoms with Gasteiger partial charge in [-0.15, -0.1) is 0 Å². The highest BCUT2D eigenvalue weighted by atomic mass is 15.1. The Labute approximate surface area is 405 Å². The van der Waals surface area contributed by atoms with E-state index < -0.39 is 5.41 Å². The van der Waals surface area contributed by atoms with Crippen molar-refractivity contribution in [3.05, 3.63) is 216 Å². The Morgan fingerprint density at radius 1 is 0.203 bits per heavy atom. The second kappa shape index (κ2) is 21.3. The van der Waals surface area contributed by atoms with Crippen LogP contribution in [-0.2, 0) is 5.41 Å². The third-order valence-corrected chi connectivity index (χ3v) is 11.8. The molecule has 0 aliphatic heterocycles. The molecular weight excluding hydrogens is 853 g/mol. The third-order valence-electron chi connectivity index (χ3n) is 11.8. The molecule has 0 amide bonds. The number of hydrogen-bond donors (Lipinski definition) is 0. The molecule has 344 valence electrons. The van der Waals surface area contributed by atoms with Crippen LogP contribution >= 0.6 is 0 Å². The fraction of sp³-hybridized carbons (Fsp3) is 0.158. The lowest BCUT2D eigenvalue weighted by atomic mass is 9.65. The van der Waals surface area contributed by atoms with Crippen LogP contribution in [0, 0.1) is 0 Å². The molecule has 8 aromatic rings. The minimum Gasteiger partial charge on any atom is -0.378 e. The van der Waals surface area contributed by atoms with Gasteiger partial charge in [0.05, 0.1) is 50.9 Å². The van der Waals surface area contributed by atoms with E-state index in [0.29, 0.717) is 0 Å². The number of anilines is 4. The van der Waals surface area contributed by atoms with Crippen LogP contribution in [0.15, 0.2) is 235 Å². The van der Waals surface area contributed by atoms with Gasteiger partial charge in [0.15, 0.2) is 0 Å². The zero-order valence-corrected chi connectivity index (χ0v) is 40.3. The molecular formula is C57H56N12. The molecule has 8 aromatic carbocycles. The average Bonchev–Trinajstić information content (AvgIpc) is 3.38. The lowest BCUT2D eigenvalue weighted by molar-refractivity contribution is 0.745. The molecule has 12 nitrogen and oxygen atoms in total. The predicted octanol–water partition coefficient (Wildman–Crippen LogP) is 16.0. The van der Waals surface area contributed by atoms with Gasteiger partial charge in [0, 0.05) is 79.1 Å². The van der Waals surface area contributed by atoms with Crippen molar-refractivity contribution in [1.29, 1.82) is 0 Å². The molecule has 0 bridgehead atoms. The first kappa shape index (κ1) is 46.9. The summed E-state index contributed by atoms with van der Waals surface area (Å²) in [7, 11) is 16.1. The summed E-state index contributed by atoms with van der Waals surface area (Å²) in [6.07, 6.45) is 0. The number of rotatable bonds is 16. The highest BCUT2D eigenvalue weighted by Gasteiger charge is 2.38. The van der Waals surface area contributed by atoms with Gasteiger partial charge in [-0.3, -0.25) is 0 Å². The maximum atomic E-state index is 4.64. The smallest absolute Gasteiger partial charge is 0.0858 e. The van der Waals surface area contributed by atoms with Crippen molar-refractivity contribution in [3.8, 4) is 0 Å². The highest BCUT2D eigenvalue weighted by Crippen LogP contribution is 2.47. The Morgan fingerprint density at radius 3 is 0.464 bits per heavy atom. The van der Waals surface area contributed by atoms with Crippen LogP contribution in [0.4, 0.5) is 68.2 Å². The second-order valence-corrected chi connectivity index (χ2v) is 17.4. The van der Waals surface area contributed by atoms with E-state index in [2.05, 4.69) is 109 Å². The molecule has 8 rings (SSSR count). The summed E-state index contributed by atoms with van der Waals surface area (Å²) in [5, 5.41) is 36.8. The van der Waals surface area contributed by atoms with Crippen molar-refractivity contribution in [2.75, 3.05) is 76.0 Å². The van der Waals surface area contributed by atoms with E-state index in [9.17, 15) is 0 Å². The molecule has 0 fully saturated rings. The largest absolute Gasteiger partial charge is 0.378 e. The first-order valence-electron chi connectivity index (χ1n) is 22.6. The van der Waals surface area contributed by atoms with Gasteiger partial charge in [-0.25, -0.2) is 0 Å². The molecule has 0 saturated carbocycles. The van der Waals surface area contributed by atoms with Crippen LogP contribution < -0.4 is 19.6 Å². The molecule has 0 aliphatic rings. The van der Waals surface area contributed by atoms with Gasteiger partial charge in [-0.1, -0.05) is 48.5 Å². The van der Waals surface area contributed by atoms with E-state index in [-0.39, 0.29) is 0 Å². The van der Waals surface area contributed by atoms with E-state index in [1.807, 2.05) is 202 Å². The fourth-order valence-electron chi connectivity index (χ4n) is 7.84. The standard InChI is InChI=1S/C57H56N12/c1-66(2)53-33-25-49(26-34-53)62-58-45-17-9-41(10-18-45)57(42-11-19-46(20-12-42)59-63-50-27-35-54(36-28-50)67(3)4,43-13-21-47(22-14-43)60-64-51-29-37-55(38-30-51)68(5)6)44-15-23-48(24-16-44)61-65-52-31-39-56(40-32-52)69(7)8/h9-40H,1-8H3. The summed E-state index contributed by atoms with van der Waals surface area (Å²) in [6.45, 7) is 0. The van der Waals surface area contributed by atoms with Gasteiger partial charge in [-0.2, -0.15) is 40.9 Å². The van der Waals surface area contributed by atoms with Crippen molar-refractivity contribution < 1.29 is 0 Å². The van der Waals surface area contributed by atoms with Crippen LogP contribution in [0.1, 0.15) is 22.3 Å². The predicted molar refractivity (Wildman–Crippen MR) is 285 cm³/mol. The Bertz CT molecular complexity index is 2600. The van der Waals surface area contributed by atoms with Crippen molar-refractivity contribution in [3.63, 3.8) is 0 Å². The van der Waals surface area contributed by atoms with Gasteiger partial charge >= 0.3 is 0 Å². The van der Waals surface area contributed by atoms with Crippen molar-refractivity contribution in [1.82, 2.24) is 0 Å². The van der Waals surface area contributed by atoms with Gasteiger partial charge in [-0.05, 0) is 168 Å². The molecule has 69 heavy (non-hydrogen) atoms. The van der Waals surface area contributed by atoms with Crippen molar-refractivity contribution >= 4 is 68.2 Å². The summed E-state index contributed by atoms with van der Waals surface area (Å²) in [6, 6.07) is 65.2. The van der Waals surface area contributed by atoms with Crippen molar-refractivity contribution in [2.45, 2.75) is 5.41 Å². The lowest BCUT2D eigenvalue weighted by Crippen LogP contribution is -2.30. The normalized spacial score (nSPS) is 12.5. The lowest BCUT2D eigenvalue weighted by Gasteiger charge is -2.37. The summed E-state index contributed by atoms with van der Waals surface area (Å²) >= 11 is 0. The number of azo groups is 4. The maximum Gasteiger partial charge on any atom is 0.0858 e. The van der Waals surface area contributed by atoms with Crippen LogP contribution in [-0.4, -0.2) is 56.4 Å². The van der Waals surface area contributed by atoms with Crippen LogP contribution in [0.2, 0.25) is 0 Å². The first-order chi connectivity index (χ1) is 33.4. The van der Waals surface area contributed by atoms with Crippen molar-refractivity contribution in [2.24, 2.45) is 40.9 Å². The number of nitrogens with zero attached hydrogens (tertiary/aromatic N) is 12. The van der Waals surface area contributed by atoms with Crippen LogP contribution in [0.5, 0.6) is 0 Å². The molecule has 0 aliphatic carbocycles. The number of hydrogen-bond acceptors (Lipinski definition) is 12. The topological polar surface area (TPSA) is 112 Å². The minimum absolute atomic E-state index is 0.724. The average molecular weight is 909 g/mol. The van der Waals surface area contributed by atoms with E-state index >= 15 is 0 Å². The molecule has 0 radical (unpaired) electrons. The fourth-order valence-corrected chi connectivity index (χ4v) is 7.84. The minimum atomic E-state index is -0.843. The highest BCUT2D eigenvalue weighted by molar-refractivity contribution is 5.65. The molecule has 0 heterocycles. The zero-order chi connectivity index (χ0) is 48.3. The summed E-state index contributed by atoms with van der Waals surface area (Å²) < 4.78 is 0. The van der Waals surface area contributed by atoms with Crippen LogP contribution in [0.25, 0.3) is 0 Å². The molecule has 0 aromatic heterocycles. The van der Waals surface area contributed by atoms with E-state index in [1.54, 1.807) is 0 Å². The van der Waals surface area contributed by atoms with E-state index in [0.717, 1.165) is 90.5 Å². The zero-order valence-electron chi connectivity index (χ0n) is 40.3. The molecule has 0 N–H and O–H groups in total. The molecule has 12 heteroatoms. The quantitative estimate of drug-likeness (QED) is 0.0710. The van der Waals surface area contributed by atoms with Gasteiger partial charge in [0.2, 0.25) is 0 Å². The van der Waals surface area contributed by atoms with Gasteiger partial charge in [0.1, 0.15) is 0 Å². The molecule has 0 unspecified atom stereocenters. The summed E-state index contributed by atoms with van der Waals surface area (Å²) in [4.78, 5) is 8.23. The SMILES string of the molecule is CN(C)c1ccc(N=Nc2ccc(C(c3ccc(N=Nc4ccc(N(C)C)cc4)cc3)(c3ccc(N=Nc4ccc(N(C)C)cc4)cc3)c3ccc(N=Nc4ccc(N(C)C)cc4)cc3)cc2)cc1. The Balaban J connectivity index is 1.21. The summed E-state index contributed by atoms with van der Waals surface area (Å²) in [5.74, 6) is 0. The summed E-state index contributed by atoms with van der Waals surface area (Å²) in [5.41, 5.74) is 13.6. The van der Waals surface area contributed by atoms with E-state index in [1.165, 1.54) is 0 Å². The molecule has 0 atom stereocenters. The van der Waals surface area contributed by atoms with Crippen LogP contribution in [0.3, 0.4) is 0 Å². The second-order valence-electron chi connectivity index (χ2n) is 17.4. The monoisotopic (exact) mass is 908 g/mol. The molecule has 0 saturated heterocycles. The Morgan fingerprint density at radius 2 is 0.333 bits per heavy atom. The third kappa shape index (κ3) is 11.3. The Kier molecular flexibility index (Phi) is 14.5. The van der Waals surface area contributed by atoms with Gasteiger partial charge in [0.25, 0.3) is 0 Å². The van der Waals surface area contributed by atoms with E-state index in [4.69, 9.17) is 0 Å². The molecule has 0 spiro atoms.